The molecule has 24 heavy (non-hydrogen) atoms. The van der Waals surface area contributed by atoms with E-state index in [2.05, 4.69) is 16.3 Å². The minimum absolute atomic E-state index is 0.00374. The van der Waals surface area contributed by atoms with Crippen molar-refractivity contribution in [2.45, 2.75) is 39.3 Å². The number of aryl methyl sites for hydroxylation is 2. The fourth-order valence-corrected chi connectivity index (χ4v) is 2.91. The van der Waals surface area contributed by atoms with Gasteiger partial charge >= 0.3 is 0 Å². The fourth-order valence-electron chi connectivity index (χ4n) is 2.91. The van der Waals surface area contributed by atoms with E-state index in [1.807, 2.05) is 26.0 Å². The number of anilines is 1. The van der Waals surface area contributed by atoms with E-state index in [9.17, 15) is 9.18 Å². The molecular weight excluding hydrogens is 303 g/mol. The summed E-state index contributed by atoms with van der Waals surface area (Å²) in [5.41, 5.74) is 4.15. The number of benzene rings is 2. The van der Waals surface area contributed by atoms with Crippen molar-refractivity contribution in [1.82, 2.24) is 4.90 Å². The van der Waals surface area contributed by atoms with E-state index >= 15 is 0 Å². The molecule has 0 heterocycles. The van der Waals surface area contributed by atoms with Gasteiger partial charge in [0.25, 0.3) is 0 Å². The molecule has 0 aliphatic heterocycles. The molecule has 2 aromatic rings. The lowest BCUT2D eigenvalue weighted by molar-refractivity contribution is -0.117. The van der Waals surface area contributed by atoms with E-state index in [4.69, 9.17) is 0 Å². The van der Waals surface area contributed by atoms with Crippen LogP contribution >= 0.6 is 0 Å². The van der Waals surface area contributed by atoms with Gasteiger partial charge in [0, 0.05) is 18.3 Å². The summed E-state index contributed by atoms with van der Waals surface area (Å²) in [6.45, 7) is 5.07. The number of carbonyl (C=O) groups excluding carboxylic acids is 1. The van der Waals surface area contributed by atoms with Gasteiger partial charge < -0.3 is 5.32 Å². The Bertz CT molecular complexity index is 723. The lowest BCUT2D eigenvalue weighted by Crippen LogP contribution is -2.34. The zero-order valence-electron chi connectivity index (χ0n) is 14.2. The van der Waals surface area contributed by atoms with Crippen molar-refractivity contribution < 1.29 is 9.18 Å². The number of hydrogen-bond donors (Lipinski definition) is 1. The van der Waals surface area contributed by atoms with Gasteiger partial charge in [-0.25, -0.2) is 4.39 Å². The lowest BCUT2D eigenvalue weighted by Gasteiger charge is -2.22. The monoisotopic (exact) mass is 326 g/mol. The first-order valence-electron chi connectivity index (χ1n) is 8.37. The van der Waals surface area contributed by atoms with Crippen molar-refractivity contribution in [2.24, 2.45) is 0 Å². The Hall–Kier alpha value is -2.20. The SMILES string of the molecule is Cc1ccc(NC(=O)CN(Cc2ccc(F)cc2)C2CC2)c(C)c1. The molecule has 2 aromatic carbocycles. The van der Waals surface area contributed by atoms with Gasteiger partial charge in [-0.1, -0.05) is 29.8 Å². The summed E-state index contributed by atoms with van der Waals surface area (Å²) < 4.78 is 13.0. The zero-order valence-corrected chi connectivity index (χ0v) is 14.2. The second-order valence-electron chi connectivity index (χ2n) is 6.63. The molecule has 0 spiro atoms. The van der Waals surface area contributed by atoms with Crippen molar-refractivity contribution in [1.29, 1.82) is 0 Å². The Morgan fingerprint density at radius 3 is 2.50 bits per heavy atom. The van der Waals surface area contributed by atoms with Crippen LogP contribution < -0.4 is 5.32 Å². The van der Waals surface area contributed by atoms with E-state index in [0.717, 1.165) is 29.7 Å². The predicted octanol–water partition coefficient (Wildman–Crippen LogP) is 4.05. The van der Waals surface area contributed by atoms with E-state index < -0.39 is 0 Å². The van der Waals surface area contributed by atoms with E-state index in [-0.39, 0.29) is 11.7 Å². The fraction of sp³-hybridized carbons (Fsp3) is 0.350. The molecule has 3 rings (SSSR count). The average Bonchev–Trinajstić information content (AvgIpc) is 3.36. The van der Waals surface area contributed by atoms with Crippen LogP contribution in [0, 0.1) is 19.7 Å². The van der Waals surface area contributed by atoms with E-state index in [0.29, 0.717) is 19.1 Å². The molecule has 4 heteroatoms. The molecule has 0 radical (unpaired) electrons. The van der Waals surface area contributed by atoms with Gasteiger partial charge in [-0.3, -0.25) is 9.69 Å². The third-order valence-corrected chi connectivity index (χ3v) is 4.36. The van der Waals surface area contributed by atoms with Crippen LogP contribution in [0.4, 0.5) is 10.1 Å². The Morgan fingerprint density at radius 2 is 1.88 bits per heavy atom. The van der Waals surface area contributed by atoms with Gasteiger partial charge in [-0.2, -0.15) is 0 Å². The maximum absolute atomic E-state index is 13.0. The summed E-state index contributed by atoms with van der Waals surface area (Å²) in [5, 5.41) is 3.00. The smallest absolute Gasteiger partial charge is 0.238 e. The van der Waals surface area contributed by atoms with E-state index in [1.165, 1.54) is 17.7 Å². The highest BCUT2D eigenvalue weighted by molar-refractivity contribution is 5.93. The van der Waals surface area contributed by atoms with Gasteiger partial charge in [-0.15, -0.1) is 0 Å². The maximum atomic E-state index is 13.0. The van der Waals surface area contributed by atoms with Crippen molar-refractivity contribution >= 4 is 11.6 Å². The molecule has 1 aliphatic carbocycles. The highest BCUT2D eigenvalue weighted by atomic mass is 19.1. The highest BCUT2D eigenvalue weighted by Crippen LogP contribution is 2.28. The van der Waals surface area contributed by atoms with E-state index in [1.54, 1.807) is 12.1 Å². The first-order valence-corrected chi connectivity index (χ1v) is 8.37. The first-order chi connectivity index (χ1) is 11.5. The summed E-state index contributed by atoms with van der Waals surface area (Å²) in [6, 6.07) is 13.0. The number of halogens is 1. The number of nitrogens with zero attached hydrogens (tertiary/aromatic N) is 1. The van der Waals surface area contributed by atoms with Crippen molar-refractivity contribution in [3.63, 3.8) is 0 Å². The standard InChI is InChI=1S/C20H23FN2O/c1-14-3-10-19(15(2)11-14)22-20(24)13-23(18-8-9-18)12-16-4-6-17(21)7-5-16/h3-7,10-11,18H,8-9,12-13H2,1-2H3,(H,22,24). The number of amides is 1. The molecule has 0 unspecified atom stereocenters. The van der Waals surface area contributed by atoms with Crippen molar-refractivity contribution in [2.75, 3.05) is 11.9 Å². The Kier molecular flexibility index (Phi) is 4.95. The predicted molar refractivity (Wildman–Crippen MR) is 94.4 cm³/mol. The van der Waals surface area contributed by atoms with Crippen LogP contribution in [0.3, 0.4) is 0 Å². The number of nitrogens with one attached hydrogen (secondary N) is 1. The average molecular weight is 326 g/mol. The molecule has 126 valence electrons. The van der Waals surface area contributed by atoms with Crippen LogP contribution in [0.25, 0.3) is 0 Å². The molecule has 1 saturated carbocycles. The number of hydrogen-bond acceptors (Lipinski definition) is 2. The maximum Gasteiger partial charge on any atom is 0.238 e. The van der Waals surface area contributed by atoms with Crippen LogP contribution in [0.1, 0.15) is 29.5 Å². The summed E-state index contributed by atoms with van der Waals surface area (Å²) >= 11 is 0. The summed E-state index contributed by atoms with van der Waals surface area (Å²) in [5.74, 6) is -0.236. The molecule has 3 nitrogen and oxygen atoms in total. The minimum atomic E-state index is -0.232. The first kappa shape index (κ1) is 16.7. The van der Waals surface area contributed by atoms with Crippen LogP contribution in [-0.2, 0) is 11.3 Å². The molecule has 1 aliphatic rings. The van der Waals surface area contributed by atoms with Crippen LogP contribution in [-0.4, -0.2) is 23.4 Å². The summed E-state index contributed by atoms with van der Waals surface area (Å²) in [4.78, 5) is 14.6. The quantitative estimate of drug-likeness (QED) is 0.869. The molecule has 1 amide bonds. The number of rotatable bonds is 6. The molecule has 1 N–H and O–H groups in total. The van der Waals surface area contributed by atoms with Crippen LogP contribution in [0.15, 0.2) is 42.5 Å². The van der Waals surface area contributed by atoms with Crippen molar-refractivity contribution in [3.8, 4) is 0 Å². The van der Waals surface area contributed by atoms with Crippen LogP contribution in [0.2, 0.25) is 0 Å². The minimum Gasteiger partial charge on any atom is -0.325 e. The molecular formula is C20H23FN2O. The van der Waals surface area contributed by atoms with Crippen molar-refractivity contribution in [3.05, 3.63) is 65.0 Å². The van der Waals surface area contributed by atoms with Gasteiger partial charge in [0.2, 0.25) is 5.91 Å². The van der Waals surface area contributed by atoms with Gasteiger partial charge in [0.05, 0.1) is 6.54 Å². The topological polar surface area (TPSA) is 32.3 Å². The summed E-state index contributed by atoms with van der Waals surface area (Å²) in [6.07, 6.45) is 2.25. The Balaban J connectivity index is 1.62. The Morgan fingerprint density at radius 1 is 1.17 bits per heavy atom. The normalized spacial score (nSPS) is 14.0. The second kappa shape index (κ2) is 7.14. The third kappa shape index (κ3) is 4.42. The van der Waals surface area contributed by atoms with Gasteiger partial charge in [-0.05, 0) is 56.0 Å². The molecule has 0 aromatic heterocycles. The molecule has 0 bridgehead atoms. The van der Waals surface area contributed by atoms with Gasteiger partial charge in [0.15, 0.2) is 0 Å². The molecule has 0 atom stereocenters. The summed E-state index contributed by atoms with van der Waals surface area (Å²) in [7, 11) is 0. The molecule has 1 fully saturated rings. The number of carbonyl (C=O) groups is 1. The second-order valence-corrected chi connectivity index (χ2v) is 6.63. The van der Waals surface area contributed by atoms with Gasteiger partial charge in [0.1, 0.15) is 5.82 Å². The van der Waals surface area contributed by atoms with Crippen LogP contribution in [0.5, 0.6) is 0 Å². The molecule has 0 saturated heterocycles. The third-order valence-electron chi connectivity index (χ3n) is 4.36. The highest BCUT2D eigenvalue weighted by Gasteiger charge is 2.30. The Labute approximate surface area is 142 Å². The largest absolute Gasteiger partial charge is 0.325 e. The zero-order chi connectivity index (χ0) is 17.1. The lowest BCUT2D eigenvalue weighted by atomic mass is 10.1.